The third-order valence-corrected chi connectivity index (χ3v) is 4.39. The zero-order valence-corrected chi connectivity index (χ0v) is 14.9. The predicted molar refractivity (Wildman–Crippen MR) is 112 cm³/mol. The van der Waals surface area contributed by atoms with Gasteiger partial charge in [0.25, 0.3) is 5.95 Å². The Labute approximate surface area is 161 Å². The summed E-state index contributed by atoms with van der Waals surface area (Å²) >= 11 is 0. The summed E-state index contributed by atoms with van der Waals surface area (Å²) < 4.78 is 1.84. The van der Waals surface area contributed by atoms with E-state index in [1.165, 1.54) is 0 Å². The summed E-state index contributed by atoms with van der Waals surface area (Å²) in [5.41, 5.74) is 3.48. The molecule has 6 nitrogen and oxygen atoms in total. The van der Waals surface area contributed by atoms with Crippen LogP contribution in [0.2, 0.25) is 0 Å². The molecule has 0 aliphatic rings. The number of nitrogens with one attached hydrogen (secondary N) is 1. The first-order valence-corrected chi connectivity index (χ1v) is 8.93. The summed E-state index contributed by atoms with van der Waals surface area (Å²) in [5, 5.41) is 13.0. The van der Waals surface area contributed by atoms with Gasteiger partial charge in [-0.05, 0) is 29.8 Å². The standard InChI is InChI=1S/C22H16N6/c1-3-9-16(10-4-1)15-23-21-27-26-20-18-13-7-8-14-19(18)25-22(28(20)21)24-17-11-5-2-6-12-17/h1-15H,(H,24,25). The highest BCUT2D eigenvalue weighted by Crippen LogP contribution is 2.26. The molecule has 6 heteroatoms. The lowest BCUT2D eigenvalue weighted by Gasteiger charge is -2.10. The molecule has 0 aliphatic heterocycles. The maximum absolute atomic E-state index is 4.78. The molecule has 0 saturated carbocycles. The van der Waals surface area contributed by atoms with Crippen molar-refractivity contribution in [1.82, 2.24) is 19.6 Å². The third-order valence-electron chi connectivity index (χ3n) is 4.39. The Balaban J connectivity index is 1.69. The predicted octanol–water partition coefficient (Wildman–Crippen LogP) is 4.77. The molecule has 0 bridgehead atoms. The van der Waals surface area contributed by atoms with Gasteiger partial charge in [0.1, 0.15) is 0 Å². The molecule has 0 unspecified atom stereocenters. The lowest BCUT2D eigenvalue weighted by Crippen LogP contribution is -2.02. The zero-order chi connectivity index (χ0) is 18.8. The number of nitrogens with zero attached hydrogens (tertiary/aromatic N) is 5. The number of rotatable bonds is 4. The van der Waals surface area contributed by atoms with Gasteiger partial charge >= 0.3 is 0 Å². The number of aliphatic imine (C=N–C) groups is 1. The molecule has 0 amide bonds. The fourth-order valence-electron chi connectivity index (χ4n) is 3.06. The quantitative estimate of drug-likeness (QED) is 0.466. The van der Waals surface area contributed by atoms with Crippen molar-refractivity contribution >= 4 is 40.3 Å². The van der Waals surface area contributed by atoms with Crippen molar-refractivity contribution < 1.29 is 0 Å². The Kier molecular flexibility index (Phi) is 3.99. The maximum atomic E-state index is 4.78. The fraction of sp³-hybridized carbons (Fsp3) is 0. The van der Waals surface area contributed by atoms with Crippen molar-refractivity contribution in [3.05, 3.63) is 90.5 Å². The van der Waals surface area contributed by atoms with Crippen LogP contribution in [0.3, 0.4) is 0 Å². The highest BCUT2D eigenvalue weighted by molar-refractivity contribution is 5.93. The van der Waals surface area contributed by atoms with Crippen LogP contribution < -0.4 is 5.32 Å². The molecule has 0 atom stereocenters. The Hall–Kier alpha value is -4.06. The van der Waals surface area contributed by atoms with E-state index in [9.17, 15) is 0 Å². The average Bonchev–Trinajstić information content (AvgIpc) is 3.19. The number of benzene rings is 3. The molecular formula is C22H16N6. The summed E-state index contributed by atoms with van der Waals surface area (Å²) in [6, 6.07) is 27.7. The van der Waals surface area contributed by atoms with Gasteiger partial charge < -0.3 is 5.32 Å². The summed E-state index contributed by atoms with van der Waals surface area (Å²) in [6.45, 7) is 0. The van der Waals surface area contributed by atoms with Crippen LogP contribution in [0.4, 0.5) is 17.6 Å². The number of fused-ring (bicyclic) bond motifs is 3. The van der Waals surface area contributed by atoms with E-state index in [0.717, 1.165) is 22.2 Å². The van der Waals surface area contributed by atoms with E-state index in [1.807, 2.05) is 89.3 Å². The van der Waals surface area contributed by atoms with Crippen molar-refractivity contribution in [2.24, 2.45) is 4.99 Å². The monoisotopic (exact) mass is 364 g/mol. The van der Waals surface area contributed by atoms with E-state index in [4.69, 9.17) is 4.98 Å². The van der Waals surface area contributed by atoms with E-state index >= 15 is 0 Å². The molecule has 0 saturated heterocycles. The highest BCUT2D eigenvalue weighted by Gasteiger charge is 2.14. The average molecular weight is 364 g/mol. The number of anilines is 2. The normalized spacial score (nSPS) is 11.4. The molecule has 28 heavy (non-hydrogen) atoms. The summed E-state index contributed by atoms with van der Waals surface area (Å²) in [5.74, 6) is 1.08. The van der Waals surface area contributed by atoms with Crippen molar-refractivity contribution in [2.45, 2.75) is 0 Å². The molecule has 0 aliphatic carbocycles. The first-order valence-electron chi connectivity index (χ1n) is 8.93. The van der Waals surface area contributed by atoms with Gasteiger partial charge in [-0.3, -0.25) is 0 Å². The summed E-state index contributed by atoms with van der Waals surface area (Å²) in [4.78, 5) is 9.34. The van der Waals surface area contributed by atoms with Gasteiger partial charge in [-0.15, -0.1) is 10.2 Å². The molecule has 2 aromatic heterocycles. The summed E-state index contributed by atoms with van der Waals surface area (Å²) in [7, 11) is 0. The minimum absolute atomic E-state index is 0.468. The molecule has 0 fully saturated rings. The largest absolute Gasteiger partial charge is 0.325 e. The first kappa shape index (κ1) is 16.1. The van der Waals surface area contributed by atoms with Crippen LogP contribution in [0.25, 0.3) is 16.6 Å². The van der Waals surface area contributed by atoms with Crippen molar-refractivity contribution in [3.63, 3.8) is 0 Å². The van der Waals surface area contributed by atoms with E-state index in [1.54, 1.807) is 6.21 Å². The SMILES string of the molecule is C(=Nc1nnc2c3ccccc3nc(Nc3ccccc3)n12)c1ccccc1. The second-order valence-electron chi connectivity index (χ2n) is 6.27. The summed E-state index contributed by atoms with van der Waals surface area (Å²) in [6.07, 6.45) is 1.78. The van der Waals surface area contributed by atoms with Gasteiger partial charge in [0, 0.05) is 17.3 Å². The van der Waals surface area contributed by atoms with Gasteiger partial charge in [0.15, 0.2) is 5.65 Å². The van der Waals surface area contributed by atoms with Gasteiger partial charge in [-0.1, -0.05) is 60.7 Å². The molecule has 134 valence electrons. The Morgan fingerprint density at radius 2 is 1.50 bits per heavy atom. The van der Waals surface area contributed by atoms with Gasteiger partial charge in [0.05, 0.1) is 5.52 Å². The molecule has 1 N–H and O–H groups in total. The Bertz CT molecular complexity index is 1280. The number of aromatic nitrogens is 4. The third kappa shape index (κ3) is 2.97. The lowest BCUT2D eigenvalue weighted by molar-refractivity contribution is 1.07. The maximum Gasteiger partial charge on any atom is 0.258 e. The van der Waals surface area contributed by atoms with Crippen LogP contribution in [0.5, 0.6) is 0 Å². The lowest BCUT2D eigenvalue weighted by atomic mass is 10.2. The van der Waals surface area contributed by atoms with Crippen molar-refractivity contribution in [2.75, 3.05) is 5.32 Å². The van der Waals surface area contributed by atoms with Crippen LogP contribution in [0.1, 0.15) is 5.56 Å². The van der Waals surface area contributed by atoms with Gasteiger partial charge in [-0.25, -0.2) is 14.4 Å². The second kappa shape index (κ2) is 6.92. The Morgan fingerprint density at radius 3 is 2.32 bits per heavy atom. The number of para-hydroxylation sites is 2. The minimum Gasteiger partial charge on any atom is -0.325 e. The van der Waals surface area contributed by atoms with Crippen LogP contribution in [0.15, 0.2) is 89.9 Å². The zero-order valence-electron chi connectivity index (χ0n) is 14.9. The number of hydrogen-bond acceptors (Lipinski definition) is 5. The molecule has 2 heterocycles. The highest BCUT2D eigenvalue weighted by atomic mass is 15.3. The second-order valence-corrected chi connectivity index (χ2v) is 6.27. The molecule has 0 radical (unpaired) electrons. The first-order chi connectivity index (χ1) is 13.9. The topological polar surface area (TPSA) is 67.5 Å². The van der Waals surface area contributed by atoms with E-state index < -0.39 is 0 Å². The smallest absolute Gasteiger partial charge is 0.258 e. The molecule has 3 aromatic carbocycles. The van der Waals surface area contributed by atoms with E-state index in [2.05, 4.69) is 20.5 Å². The minimum atomic E-state index is 0.468. The van der Waals surface area contributed by atoms with E-state index in [0.29, 0.717) is 17.5 Å². The van der Waals surface area contributed by atoms with Crippen molar-refractivity contribution in [1.29, 1.82) is 0 Å². The van der Waals surface area contributed by atoms with Crippen LogP contribution in [-0.4, -0.2) is 25.8 Å². The molecular weight excluding hydrogens is 348 g/mol. The number of hydrogen-bond donors (Lipinski definition) is 1. The van der Waals surface area contributed by atoms with Crippen LogP contribution in [0, 0.1) is 0 Å². The van der Waals surface area contributed by atoms with E-state index in [-0.39, 0.29) is 0 Å². The fourth-order valence-corrected chi connectivity index (χ4v) is 3.06. The van der Waals surface area contributed by atoms with Crippen LogP contribution in [-0.2, 0) is 0 Å². The molecule has 5 rings (SSSR count). The van der Waals surface area contributed by atoms with Gasteiger partial charge in [-0.2, -0.15) is 0 Å². The van der Waals surface area contributed by atoms with Crippen molar-refractivity contribution in [3.8, 4) is 0 Å². The molecule has 5 aromatic rings. The Morgan fingerprint density at radius 1 is 0.786 bits per heavy atom. The molecule has 0 spiro atoms. The van der Waals surface area contributed by atoms with Gasteiger partial charge in [0.2, 0.25) is 5.95 Å². The van der Waals surface area contributed by atoms with Crippen LogP contribution >= 0.6 is 0 Å².